The molecule has 0 saturated heterocycles. The molecule has 0 unspecified atom stereocenters. The number of nitrogens with zero attached hydrogens (tertiary/aromatic N) is 3. The Hall–Kier alpha value is -2.88. The average molecular weight is 347 g/mol. The molecule has 1 aromatic heterocycles. The number of rotatable bonds is 4. The predicted octanol–water partition coefficient (Wildman–Crippen LogP) is 4.44. The van der Waals surface area contributed by atoms with Gasteiger partial charge in [-0.3, -0.25) is 9.36 Å². The first-order valence-electron chi connectivity index (χ1n) is 8.79. The molecular weight excluding hydrogens is 322 g/mol. The van der Waals surface area contributed by atoms with Crippen LogP contribution in [0.25, 0.3) is 5.69 Å². The topological polar surface area (TPSA) is 38.1 Å². The van der Waals surface area contributed by atoms with Gasteiger partial charge in [-0.1, -0.05) is 63.2 Å². The highest BCUT2D eigenvalue weighted by atomic mass is 16.2. The molecule has 4 heteroatoms. The zero-order valence-electron chi connectivity index (χ0n) is 15.8. The number of carbonyl (C=O) groups is 1. The van der Waals surface area contributed by atoms with Crippen LogP contribution in [0, 0.1) is 0 Å². The van der Waals surface area contributed by atoms with Gasteiger partial charge in [0.25, 0.3) is 5.91 Å². The molecule has 3 rings (SSSR count). The van der Waals surface area contributed by atoms with Crippen LogP contribution in [0.5, 0.6) is 0 Å². The fourth-order valence-electron chi connectivity index (χ4n) is 2.90. The Kier molecular flexibility index (Phi) is 4.94. The molecule has 3 aromatic rings. The molecule has 0 saturated carbocycles. The lowest BCUT2D eigenvalue weighted by atomic mass is 9.87. The molecular formula is C22H25N3O. The number of benzene rings is 2. The molecule has 0 radical (unpaired) electrons. The summed E-state index contributed by atoms with van der Waals surface area (Å²) in [6.07, 6.45) is 3.29. The lowest BCUT2D eigenvalue weighted by Gasteiger charge is -2.21. The Morgan fingerprint density at radius 3 is 2.31 bits per heavy atom. The van der Waals surface area contributed by atoms with Crippen molar-refractivity contribution in [3.05, 3.63) is 83.9 Å². The third-order valence-corrected chi connectivity index (χ3v) is 4.48. The van der Waals surface area contributed by atoms with E-state index in [1.165, 1.54) is 5.56 Å². The van der Waals surface area contributed by atoms with Crippen molar-refractivity contribution in [3.8, 4) is 5.69 Å². The summed E-state index contributed by atoms with van der Waals surface area (Å²) in [5.74, 6) is -0.0498. The van der Waals surface area contributed by atoms with Crippen molar-refractivity contribution in [3.63, 3.8) is 0 Å². The van der Waals surface area contributed by atoms with Crippen LogP contribution in [0.3, 0.4) is 0 Å². The summed E-state index contributed by atoms with van der Waals surface area (Å²) in [6, 6.07) is 18.2. The van der Waals surface area contributed by atoms with Crippen LogP contribution in [0.2, 0.25) is 0 Å². The summed E-state index contributed by atoms with van der Waals surface area (Å²) >= 11 is 0. The van der Waals surface area contributed by atoms with E-state index < -0.39 is 0 Å². The maximum Gasteiger partial charge on any atom is 0.272 e. The van der Waals surface area contributed by atoms with Crippen LogP contribution in [-0.4, -0.2) is 27.4 Å². The molecule has 134 valence electrons. The molecule has 4 nitrogen and oxygen atoms in total. The van der Waals surface area contributed by atoms with Crippen LogP contribution < -0.4 is 0 Å². The van der Waals surface area contributed by atoms with Gasteiger partial charge < -0.3 is 4.90 Å². The molecule has 2 aromatic carbocycles. The fourth-order valence-corrected chi connectivity index (χ4v) is 2.90. The van der Waals surface area contributed by atoms with E-state index in [0.29, 0.717) is 12.2 Å². The van der Waals surface area contributed by atoms with Crippen LogP contribution >= 0.6 is 0 Å². The lowest BCUT2D eigenvalue weighted by molar-refractivity contribution is 0.0777. The van der Waals surface area contributed by atoms with Crippen molar-refractivity contribution < 1.29 is 4.79 Å². The van der Waals surface area contributed by atoms with Crippen LogP contribution in [0.1, 0.15) is 42.4 Å². The summed E-state index contributed by atoms with van der Waals surface area (Å²) in [7, 11) is 1.82. The monoisotopic (exact) mass is 347 g/mol. The Labute approximate surface area is 155 Å². The summed E-state index contributed by atoms with van der Waals surface area (Å²) < 4.78 is 1.82. The molecule has 0 atom stereocenters. The first-order valence-corrected chi connectivity index (χ1v) is 8.79. The Balaban J connectivity index is 1.76. The third kappa shape index (κ3) is 3.85. The van der Waals surface area contributed by atoms with Crippen LogP contribution in [0.4, 0.5) is 0 Å². The number of imidazole rings is 1. The summed E-state index contributed by atoms with van der Waals surface area (Å²) in [5, 5.41) is 0. The minimum Gasteiger partial charge on any atom is -0.336 e. The largest absolute Gasteiger partial charge is 0.336 e. The summed E-state index contributed by atoms with van der Waals surface area (Å²) in [6.45, 7) is 7.15. The van der Waals surface area contributed by atoms with Gasteiger partial charge in [0, 0.05) is 19.3 Å². The van der Waals surface area contributed by atoms with Crippen LogP contribution in [-0.2, 0) is 12.0 Å². The number of carbonyl (C=O) groups excluding carboxylic acids is 1. The standard InChI is InChI=1S/C22H25N3O/c1-22(2,3)18-12-10-17(11-13-18)15-24(4)21(26)20-14-23-16-25(20)19-8-6-5-7-9-19/h5-14,16H,15H2,1-4H3. The first kappa shape index (κ1) is 17.9. The van der Waals surface area contributed by atoms with Crippen molar-refractivity contribution in [2.45, 2.75) is 32.7 Å². The Morgan fingerprint density at radius 2 is 1.69 bits per heavy atom. The molecule has 0 aliphatic carbocycles. The minimum absolute atomic E-state index is 0.0498. The second kappa shape index (κ2) is 7.16. The first-order chi connectivity index (χ1) is 12.4. The van der Waals surface area contributed by atoms with Gasteiger partial charge in [-0.25, -0.2) is 4.98 Å². The van der Waals surface area contributed by atoms with E-state index in [9.17, 15) is 4.79 Å². The molecule has 0 bridgehead atoms. The zero-order valence-corrected chi connectivity index (χ0v) is 15.8. The normalized spacial score (nSPS) is 11.4. The van der Waals surface area contributed by atoms with Gasteiger partial charge >= 0.3 is 0 Å². The minimum atomic E-state index is -0.0498. The smallest absolute Gasteiger partial charge is 0.272 e. The van der Waals surface area contributed by atoms with Gasteiger partial charge in [-0.2, -0.15) is 0 Å². The van der Waals surface area contributed by atoms with Crippen molar-refractivity contribution in [1.29, 1.82) is 0 Å². The van der Waals surface area contributed by atoms with Gasteiger partial charge in [0.2, 0.25) is 0 Å². The van der Waals surface area contributed by atoms with E-state index in [1.807, 2.05) is 41.9 Å². The Bertz CT molecular complexity index is 874. The van der Waals surface area contributed by atoms with Gasteiger partial charge in [0.1, 0.15) is 5.69 Å². The van der Waals surface area contributed by atoms with E-state index in [-0.39, 0.29) is 11.3 Å². The maximum absolute atomic E-state index is 12.9. The second-order valence-electron chi connectivity index (χ2n) is 7.59. The van der Waals surface area contributed by atoms with Gasteiger partial charge in [0.15, 0.2) is 0 Å². The molecule has 1 heterocycles. The summed E-state index contributed by atoms with van der Waals surface area (Å²) in [5.41, 5.74) is 4.01. The lowest BCUT2D eigenvalue weighted by Crippen LogP contribution is -2.28. The number of hydrogen-bond donors (Lipinski definition) is 0. The predicted molar refractivity (Wildman–Crippen MR) is 105 cm³/mol. The number of amides is 1. The fraction of sp³-hybridized carbons (Fsp3) is 0.273. The van der Waals surface area contributed by atoms with Gasteiger partial charge in [-0.15, -0.1) is 0 Å². The molecule has 26 heavy (non-hydrogen) atoms. The molecule has 0 spiro atoms. The quantitative estimate of drug-likeness (QED) is 0.700. The van der Waals surface area contributed by atoms with E-state index in [4.69, 9.17) is 0 Å². The molecule has 1 amide bonds. The second-order valence-corrected chi connectivity index (χ2v) is 7.59. The molecule has 0 fully saturated rings. The maximum atomic E-state index is 12.9. The highest BCUT2D eigenvalue weighted by molar-refractivity contribution is 5.92. The van der Waals surface area contributed by atoms with Crippen molar-refractivity contribution in [2.75, 3.05) is 7.05 Å². The average Bonchev–Trinajstić information content (AvgIpc) is 3.11. The number of aromatic nitrogens is 2. The van der Waals surface area contributed by atoms with Crippen molar-refractivity contribution in [2.24, 2.45) is 0 Å². The van der Waals surface area contributed by atoms with E-state index in [0.717, 1.165) is 11.3 Å². The van der Waals surface area contributed by atoms with Gasteiger partial charge in [-0.05, 0) is 28.7 Å². The SMILES string of the molecule is CN(Cc1ccc(C(C)(C)C)cc1)C(=O)c1cncn1-c1ccccc1. The van der Waals surface area contributed by atoms with Crippen LogP contribution in [0.15, 0.2) is 67.1 Å². The molecule has 0 N–H and O–H groups in total. The van der Waals surface area contributed by atoms with E-state index in [2.05, 4.69) is 50.0 Å². The van der Waals surface area contributed by atoms with E-state index >= 15 is 0 Å². The van der Waals surface area contributed by atoms with Crippen molar-refractivity contribution >= 4 is 5.91 Å². The number of hydrogen-bond acceptors (Lipinski definition) is 2. The summed E-state index contributed by atoms with van der Waals surface area (Å²) in [4.78, 5) is 18.8. The third-order valence-electron chi connectivity index (χ3n) is 4.48. The molecule has 0 aliphatic rings. The zero-order chi connectivity index (χ0) is 18.7. The molecule has 0 aliphatic heterocycles. The van der Waals surface area contributed by atoms with E-state index in [1.54, 1.807) is 17.4 Å². The van der Waals surface area contributed by atoms with Crippen molar-refractivity contribution in [1.82, 2.24) is 14.5 Å². The highest BCUT2D eigenvalue weighted by Crippen LogP contribution is 2.22. The Morgan fingerprint density at radius 1 is 1.04 bits per heavy atom. The van der Waals surface area contributed by atoms with Gasteiger partial charge in [0.05, 0.1) is 12.5 Å². The highest BCUT2D eigenvalue weighted by Gasteiger charge is 2.18. The number of para-hydroxylation sites is 1.